The minimum atomic E-state index is -3.33. The Morgan fingerprint density at radius 3 is 2.26 bits per heavy atom. The maximum Gasteiger partial charge on any atom is 0.156 e. The van der Waals surface area contributed by atoms with E-state index in [1.807, 2.05) is 66.7 Å². The molecule has 31 heavy (non-hydrogen) atoms. The van der Waals surface area contributed by atoms with Crippen LogP contribution in [0.3, 0.4) is 0 Å². The van der Waals surface area contributed by atoms with Crippen LogP contribution >= 0.6 is 0 Å². The molecule has 0 spiro atoms. The maximum absolute atomic E-state index is 12.5. The van der Waals surface area contributed by atoms with E-state index in [0.29, 0.717) is 0 Å². The van der Waals surface area contributed by atoms with Gasteiger partial charge in [0.15, 0.2) is 9.84 Å². The minimum absolute atomic E-state index is 0.00922. The Hall–Kier alpha value is -3.02. The highest BCUT2D eigenvalue weighted by Gasteiger charge is 2.33. The van der Waals surface area contributed by atoms with Crippen molar-refractivity contribution in [3.63, 3.8) is 0 Å². The second-order valence-corrected chi connectivity index (χ2v) is 10.9. The minimum Gasteiger partial charge on any atom is -0.392 e. The van der Waals surface area contributed by atoms with Gasteiger partial charge in [0.25, 0.3) is 0 Å². The molecule has 1 aromatic heterocycles. The third kappa shape index (κ3) is 3.99. The zero-order valence-electron chi connectivity index (χ0n) is 17.8. The van der Waals surface area contributed by atoms with E-state index < -0.39 is 14.6 Å². The molecule has 4 nitrogen and oxygen atoms in total. The number of aromatic nitrogens is 1. The van der Waals surface area contributed by atoms with Gasteiger partial charge in [0.2, 0.25) is 0 Å². The van der Waals surface area contributed by atoms with Crippen molar-refractivity contribution in [2.75, 3.05) is 6.26 Å². The quantitative estimate of drug-likeness (QED) is 0.463. The van der Waals surface area contributed by atoms with Crippen LogP contribution < -0.4 is 0 Å². The molecule has 4 aromatic rings. The number of nitrogens with zero attached hydrogens (tertiary/aromatic N) is 1. The molecule has 0 amide bonds. The zero-order chi connectivity index (χ0) is 22.2. The second kappa shape index (κ2) is 7.91. The summed E-state index contributed by atoms with van der Waals surface area (Å²) in [5, 5.41) is 10.4. The molecule has 0 bridgehead atoms. The van der Waals surface area contributed by atoms with Crippen LogP contribution in [0.5, 0.6) is 0 Å². The highest BCUT2D eigenvalue weighted by Crippen LogP contribution is 2.37. The molecule has 0 aliphatic rings. The lowest BCUT2D eigenvalue weighted by molar-refractivity contribution is 0.282. The third-order valence-corrected chi connectivity index (χ3v) is 8.03. The predicted molar refractivity (Wildman–Crippen MR) is 126 cm³/mol. The Morgan fingerprint density at radius 2 is 1.55 bits per heavy atom. The molecule has 0 aliphatic heterocycles. The molecule has 0 saturated carbocycles. The molecule has 0 saturated heterocycles. The normalized spacial score (nSPS) is 12.3. The number of hydrogen-bond donors (Lipinski definition) is 1. The van der Waals surface area contributed by atoms with Crippen LogP contribution in [0.2, 0.25) is 0 Å². The van der Waals surface area contributed by atoms with Gasteiger partial charge in [-0.1, -0.05) is 42.5 Å². The van der Waals surface area contributed by atoms with Crippen LogP contribution in [0.4, 0.5) is 0 Å². The van der Waals surface area contributed by atoms with Crippen molar-refractivity contribution in [2.24, 2.45) is 0 Å². The molecule has 3 aromatic carbocycles. The molecule has 1 N–H and O–H groups in total. The average molecular weight is 432 g/mol. The highest BCUT2D eigenvalue weighted by molar-refractivity contribution is 7.91. The van der Waals surface area contributed by atoms with E-state index in [1.165, 1.54) is 6.26 Å². The van der Waals surface area contributed by atoms with Crippen LogP contribution in [-0.2, 0) is 21.2 Å². The van der Waals surface area contributed by atoms with Crippen LogP contribution in [0.15, 0.2) is 79.0 Å². The predicted octanol–water partition coefficient (Wildman–Crippen LogP) is 5.34. The first-order valence-corrected chi connectivity index (χ1v) is 12.0. The van der Waals surface area contributed by atoms with E-state index in [4.69, 9.17) is 0 Å². The van der Waals surface area contributed by atoms with Gasteiger partial charge in [-0.25, -0.2) is 8.42 Å². The molecule has 158 valence electrons. The molecule has 4 rings (SSSR count). The number of aliphatic hydroxyl groups is 1. The largest absolute Gasteiger partial charge is 0.392 e. The van der Waals surface area contributed by atoms with Crippen molar-refractivity contribution in [2.45, 2.75) is 25.2 Å². The van der Waals surface area contributed by atoms with Gasteiger partial charge in [0.1, 0.15) is 0 Å². The number of rotatable bonds is 5. The van der Waals surface area contributed by atoms with Gasteiger partial charge in [0, 0.05) is 23.4 Å². The Morgan fingerprint density at radius 1 is 0.871 bits per heavy atom. The lowest BCUT2D eigenvalue weighted by atomic mass is 9.92. The number of benzene rings is 3. The standard InChI is InChI=1S/C26H25NO3S/c1-26(2,31(3,29)30)23-15-22-11-6-12-27-25(22)24(16-23)21-10-5-9-20(14-21)19-8-4-7-18(13-19)17-28/h4-16,28H,17H2,1-3H3. The smallest absolute Gasteiger partial charge is 0.156 e. The lowest BCUT2D eigenvalue weighted by Crippen LogP contribution is -2.28. The van der Waals surface area contributed by atoms with E-state index in [2.05, 4.69) is 11.1 Å². The first kappa shape index (κ1) is 21.2. The van der Waals surface area contributed by atoms with Gasteiger partial charge >= 0.3 is 0 Å². The topological polar surface area (TPSA) is 67.3 Å². The molecule has 0 fully saturated rings. The summed E-state index contributed by atoms with van der Waals surface area (Å²) in [5.74, 6) is 0. The highest BCUT2D eigenvalue weighted by atomic mass is 32.2. The second-order valence-electron chi connectivity index (χ2n) is 8.32. The summed E-state index contributed by atoms with van der Waals surface area (Å²) in [6, 6.07) is 23.6. The molecule has 1 heterocycles. The molecule has 5 heteroatoms. The summed E-state index contributed by atoms with van der Waals surface area (Å²) in [5.41, 5.74) is 6.30. The Labute approximate surface area is 183 Å². The first-order chi connectivity index (χ1) is 14.7. The average Bonchev–Trinajstić information content (AvgIpc) is 2.77. The van der Waals surface area contributed by atoms with E-state index in [1.54, 1.807) is 20.0 Å². The van der Waals surface area contributed by atoms with Crippen molar-refractivity contribution in [1.29, 1.82) is 0 Å². The fraction of sp³-hybridized carbons (Fsp3) is 0.192. The summed E-state index contributed by atoms with van der Waals surface area (Å²) in [7, 11) is -3.33. The number of hydrogen-bond acceptors (Lipinski definition) is 4. The molecule has 0 aliphatic carbocycles. The van der Waals surface area contributed by atoms with E-state index in [-0.39, 0.29) is 6.61 Å². The number of sulfone groups is 1. The van der Waals surface area contributed by atoms with Crippen LogP contribution in [0.25, 0.3) is 33.2 Å². The number of pyridine rings is 1. The van der Waals surface area contributed by atoms with Gasteiger partial charge in [-0.2, -0.15) is 0 Å². The van der Waals surface area contributed by atoms with Gasteiger partial charge < -0.3 is 5.11 Å². The summed E-state index contributed by atoms with van der Waals surface area (Å²) in [6.07, 6.45) is 3.02. The zero-order valence-corrected chi connectivity index (χ0v) is 18.6. The molecule has 0 radical (unpaired) electrons. The fourth-order valence-corrected chi connectivity index (χ4v) is 4.24. The summed E-state index contributed by atoms with van der Waals surface area (Å²) in [4.78, 5) is 4.59. The van der Waals surface area contributed by atoms with Crippen LogP contribution in [-0.4, -0.2) is 24.8 Å². The summed E-state index contributed by atoms with van der Waals surface area (Å²) < 4.78 is 24.0. The van der Waals surface area contributed by atoms with Gasteiger partial charge in [-0.3, -0.25) is 4.98 Å². The summed E-state index contributed by atoms with van der Waals surface area (Å²) >= 11 is 0. The first-order valence-electron chi connectivity index (χ1n) is 10.1. The number of fused-ring (bicyclic) bond motifs is 1. The molecule has 0 unspecified atom stereocenters. The monoisotopic (exact) mass is 431 g/mol. The number of aliphatic hydroxyl groups excluding tert-OH is 1. The van der Waals surface area contributed by atoms with Crippen molar-refractivity contribution < 1.29 is 13.5 Å². The SMILES string of the molecule is CC(C)(c1cc(-c2cccc(-c3cccc(CO)c3)c2)c2ncccc2c1)S(C)(=O)=O. The summed E-state index contributed by atoms with van der Waals surface area (Å²) in [6.45, 7) is 3.46. The fourth-order valence-electron chi connectivity index (χ4n) is 3.69. The lowest BCUT2D eigenvalue weighted by Gasteiger charge is -2.24. The van der Waals surface area contributed by atoms with E-state index >= 15 is 0 Å². The maximum atomic E-state index is 12.5. The Balaban J connectivity index is 1.94. The van der Waals surface area contributed by atoms with Gasteiger partial charge in [0.05, 0.1) is 16.9 Å². The van der Waals surface area contributed by atoms with E-state index in [0.717, 1.165) is 44.3 Å². The van der Waals surface area contributed by atoms with Crippen molar-refractivity contribution in [1.82, 2.24) is 4.98 Å². The third-order valence-electron chi connectivity index (χ3n) is 5.94. The van der Waals surface area contributed by atoms with Crippen LogP contribution in [0, 0.1) is 0 Å². The molecule has 0 atom stereocenters. The van der Waals surface area contributed by atoms with Gasteiger partial charge in [-0.05, 0) is 72.0 Å². The Kier molecular flexibility index (Phi) is 5.42. The van der Waals surface area contributed by atoms with Crippen LogP contribution in [0.1, 0.15) is 25.0 Å². The Bertz CT molecular complexity index is 1370. The van der Waals surface area contributed by atoms with Gasteiger partial charge in [-0.15, -0.1) is 0 Å². The molecular formula is C26H25NO3S. The van der Waals surface area contributed by atoms with E-state index in [9.17, 15) is 13.5 Å². The molecular weight excluding hydrogens is 406 g/mol. The van der Waals surface area contributed by atoms with Crippen molar-refractivity contribution >= 4 is 20.7 Å². The van der Waals surface area contributed by atoms with Crippen molar-refractivity contribution in [3.8, 4) is 22.3 Å². The van der Waals surface area contributed by atoms with Crippen molar-refractivity contribution in [3.05, 3.63) is 90.1 Å².